The molecule has 190 valence electrons. The van der Waals surface area contributed by atoms with Crippen molar-refractivity contribution in [3.63, 3.8) is 0 Å². The Labute approximate surface area is 219 Å². The van der Waals surface area contributed by atoms with Crippen LogP contribution in [-0.4, -0.2) is 34.4 Å². The van der Waals surface area contributed by atoms with Crippen LogP contribution in [0.4, 0.5) is 4.39 Å². The van der Waals surface area contributed by atoms with Crippen LogP contribution >= 0.6 is 23.2 Å². The maximum atomic E-state index is 15.6. The quantitative estimate of drug-likeness (QED) is 0.400. The molecule has 1 aromatic heterocycles. The Kier molecular flexibility index (Phi) is 7.20. The maximum absolute atomic E-state index is 15.6. The number of aromatic nitrogens is 2. The molecule has 1 unspecified atom stereocenters. The van der Waals surface area contributed by atoms with Gasteiger partial charge in [-0.1, -0.05) is 47.5 Å². The van der Waals surface area contributed by atoms with E-state index in [0.29, 0.717) is 33.3 Å². The first-order valence-corrected chi connectivity index (χ1v) is 13.7. The van der Waals surface area contributed by atoms with Crippen molar-refractivity contribution in [2.75, 3.05) is 6.26 Å². The number of rotatable bonds is 6. The third-order valence-corrected chi connectivity index (χ3v) is 7.83. The molecular formula is C26H25Cl2FN2O4S. The SMILES string of the molecule is CC(C)(O)c1cn(C2=CCC(c3ccc(CO)c(S(C)(=O)=O)c3)C=C2F)c(-c2c(Cl)cccc2Cl)n1. The second kappa shape index (κ2) is 9.76. The average Bonchev–Trinajstić information content (AvgIpc) is 3.23. The van der Waals surface area contributed by atoms with Gasteiger partial charge in [-0.25, -0.2) is 17.8 Å². The molecule has 0 aliphatic heterocycles. The summed E-state index contributed by atoms with van der Waals surface area (Å²) in [7, 11) is -3.58. The van der Waals surface area contributed by atoms with Crippen LogP contribution in [0.1, 0.15) is 43.0 Å². The summed E-state index contributed by atoms with van der Waals surface area (Å²) >= 11 is 12.8. The molecule has 0 bridgehead atoms. The molecule has 1 aliphatic rings. The molecule has 1 aliphatic carbocycles. The molecular weight excluding hydrogens is 526 g/mol. The van der Waals surface area contributed by atoms with Crippen LogP contribution in [-0.2, 0) is 22.0 Å². The highest BCUT2D eigenvalue weighted by Crippen LogP contribution is 2.40. The number of sulfone groups is 1. The van der Waals surface area contributed by atoms with Crippen molar-refractivity contribution in [3.8, 4) is 11.4 Å². The summed E-state index contributed by atoms with van der Waals surface area (Å²) in [6.45, 7) is 2.73. The molecule has 0 saturated carbocycles. The van der Waals surface area contributed by atoms with Crippen LogP contribution in [0.15, 0.2) is 65.5 Å². The Morgan fingerprint density at radius 1 is 1.19 bits per heavy atom. The van der Waals surface area contributed by atoms with Crippen molar-refractivity contribution in [1.82, 2.24) is 9.55 Å². The average molecular weight is 551 g/mol. The zero-order valence-electron chi connectivity index (χ0n) is 19.8. The predicted octanol–water partition coefficient (Wildman–Crippen LogP) is 5.86. The van der Waals surface area contributed by atoms with Crippen molar-refractivity contribution in [3.05, 3.63) is 87.4 Å². The Morgan fingerprint density at radius 3 is 2.42 bits per heavy atom. The molecule has 1 heterocycles. The van der Waals surface area contributed by atoms with Gasteiger partial charge < -0.3 is 10.2 Å². The molecule has 6 nitrogen and oxygen atoms in total. The van der Waals surface area contributed by atoms with E-state index in [0.717, 1.165) is 6.26 Å². The van der Waals surface area contributed by atoms with E-state index in [-0.39, 0.29) is 22.0 Å². The Hall–Kier alpha value is -2.49. The summed E-state index contributed by atoms with van der Waals surface area (Å²) in [5.41, 5.74) is 0.510. The molecule has 0 spiro atoms. The summed E-state index contributed by atoms with van der Waals surface area (Å²) < 4.78 is 41.5. The summed E-state index contributed by atoms with van der Waals surface area (Å²) in [6, 6.07) is 9.70. The normalized spacial score (nSPS) is 16.6. The van der Waals surface area contributed by atoms with Gasteiger partial charge in [0.05, 0.1) is 38.5 Å². The van der Waals surface area contributed by atoms with Gasteiger partial charge in [-0.2, -0.15) is 0 Å². The highest BCUT2D eigenvalue weighted by atomic mass is 35.5. The zero-order chi connectivity index (χ0) is 26.4. The first kappa shape index (κ1) is 26.6. The molecule has 0 radical (unpaired) electrons. The van der Waals surface area contributed by atoms with Crippen molar-refractivity contribution in [2.24, 2.45) is 0 Å². The summed E-state index contributed by atoms with van der Waals surface area (Å²) in [6.07, 6.45) is 6.09. The molecule has 0 fully saturated rings. The highest BCUT2D eigenvalue weighted by molar-refractivity contribution is 7.90. The molecule has 0 saturated heterocycles. The lowest BCUT2D eigenvalue weighted by molar-refractivity contribution is 0.0743. The van der Waals surface area contributed by atoms with Crippen molar-refractivity contribution in [2.45, 2.75) is 43.3 Å². The Bertz CT molecular complexity index is 1480. The molecule has 1 atom stereocenters. The molecule has 0 amide bonds. The van der Waals surface area contributed by atoms with Gasteiger partial charge in [-0.05, 0) is 55.7 Å². The van der Waals surface area contributed by atoms with Gasteiger partial charge in [0, 0.05) is 18.4 Å². The van der Waals surface area contributed by atoms with Crippen LogP contribution in [0.3, 0.4) is 0 Å². The minimum Gasteiger partial charge on any atom is -0.392 e. The van der Waals surface area contributed by atoms with E-state index in [9.17, 15) is 18.6 Å². The lowest BCUT2D eigenvalue weighted by atomic mass is 9.90. The monoisotopic (exact) mass is 550 g/mol. The Morgan fingerprint density at radius 2 is 1.86 bits per heavy atom. The zero-order valence-corrected chi connectivity index (χ0v) is 22.2. The fourth-order valence-electron chi connectivity index (χ4n) is 4.14. The minimum atomic E-state index is -3.58. The highest BCUT2D eigenvalue weighted by Gasteiger charge is 2.28. The minimum absolute atomic E-state index is 0.0196. The van der Waals surface area contributed by atoms with Gasteiger partial charge in [0.15, 0.2) is 9.84 Å². The largest absolute Gasteiger partial charge is 0.392 e. The standard InChI is InChI=1S/C26H25Cl2FN2O4S/c1-26(2,33)23-13-31(25(30-23)24-18(27)5-4-6-19(24)28)21-10-9-15(11-20(21)29)16-7-8-17(14-32)22(12-16)36(3,34)35/h4-8,10-13,15,32-33H,9,14H2,1-3H3. The number of nitrogens with zero attached hydrogens (tertiary/aromatic N) is 2. The predicted molar refractivity (Wildman–Crippen MR) is 139 cm³/mol. The van der Waals surface area contributed by atoms with Crippen LogP contribution in [0.2, 0.25) is 10.0 Å². The van der Waals surface area contributed by atoms with Crippen LogP contribution in [0.25, 0.3) is 17.1 Å². The number of aliphatic hydroxyl groups excluding tert-OH is 1. The van der Waals surface area contributed by atoms with E-state index in [1.807, 2.05) is 0 Å². The fourth-order valence-corrected chi connectivity index (χ4v) is 5.66. The molecule has 3 aromatic rings. The lowest BCUT2D eigenvalue weighted by Gasteiger charge is -2.21. The van der Waals surface area contributed by atoms with E-state index in [4.69, 9.17) is 23.2 Å². The molecule has 2 aromatic carbocycles. The van der Waals surface area contributed by atoms with Gasteiger partial charge >= 0.3 is 0 Å². The number of hydrogen-bond acceptors (Lipinski definition) is 5. The van der Waals surface area contributed by atoms with E-state index >= 15 is 4.39 Å². The van der Waals surface area contributed by atoms with Gasteiger partial charge in [-0.15, -0.1) is 0 Å². The van der Waals surface area contributed by atoms with Crippen LogP contribution in [0.5, 0.6) is 0 Å². The van der Waals surface area contributed by atoms with E-state index < -0.39 is 33.8 Å². The second-order valence-corrected chi connectivity index (χ2v) is 12.0. The molecule has 2 N–H and O–H groups in total. The number of allylic oxidation sites excluding steroid dienone is 4. The number of aliphatic hydroxyl groups is 2. The van der Waals surface area contributed by atoms with E-state index in [1.165, 1.54) is 16.7 Å². The topological polar surface area (TPSA) is 92.4 Å². The summed E-state index contributed by atoms with van der Waals surface area (Å²) in [4.78, 5) is 4.56. The van der Waals surface area contributed by atoms with E-state index in [1.54, 1.807) is 56.5 Å². The van der Waals surface area contributed by atoms with Crippen molar-refractivity contribution < 1.29 is 23.0 Å². The molecule has 10 heteroatoms. The van der Waals surface area contributed by atoms with Crippen molar-refractivity contribution >= 4 is 38.7 Å². The van der Waals surface area contributed by atoms with Gasteiger partial charge in [0.2, 0.25) is 0 Å². The maximum Gasteiger partial charge on any atom is 0.175 e. The number of hydrogen-bond donors (Lipinski definition) is 2. The van der Waals surface area contributed by atoms with Crippen LogP contribution < -0.4 is 0 Å². The number of imidazole rings is 1. The number of benzene rings is 2. The number of halogens is 3. The first-order valence-electron chi connectivity index (χ1n) is 11.1. The third-order valence-electron chi connectivity index (χ3n) is 6.03. The lowest BCUT2D eigenvalue weighted by Crippen LogP contribution is -2.15. The van der Waals surface area contributed by atoms with Crippen LogP contribution in [0, 0.1) is 0 Å². The van der Waals surface area contributed by atoms with Gasteiger partial charge in [0.25, 0.3) is 0 Å². The van der Waals surface area contributed by atoms with Crippen molar-refractivity contribution in [1.29, 1.82) is 0 Å². The fraction of sp³-hybridized carbons (Fsp3) is 0.269. The summed E-state index contributed by atoms with van der Waals surface area (Å²) in [5.74, 6) is -0.697. The van der Waals surface area contributed by atoms with E-state index in [2.05, 4.69) is 4.98 Å². The smallest absolute Gasteiger partial charge is 0.175 e. The third kappa shape index (κ3) is 5.14. The van der Waals surface area contributed by atoms with Gasteiger partial charge in [0.1, 0.15) is 17.3 Å². The first-order chi connectivity index (χ1) is 16.8. The summed E-state index contributed by atoms with van der Waals surface area (Å²) in [5, 5.41) is 20.7. The molecule has 36 heavy (non-hydrogen) atoms. The second-order valence-electron chi connectivity index (χ2n) is 9.22. The van der Waals surface area contributed by atoms with Gasteiger partial charge in [-0.3, -0.25) is 4.57 Å². The Balaban J connectivity index is 1.79. The molecule has 4 rings (SSSR count).